The van der Waals surface area contributed by atoms with Crippen molar-refractivity contribution in [1.82, 2.24) is 0 Å². The summed E-state index contributed by atoms with van der Waals surface area (Å²) in [6, 6.07) is 12.3. The monoisotopic (exact) mass is 446 g/mol. The molecule has 2 N–H and O–H groups in total. The van der Waals surface area contributed by atoms with Gasteiger partial charge in [-0.05, 0) is 52.8 Å². The molecule has 0 amide bonds. The SMILES string of the molecule is NC(Cc1ccccc1[N+](=O)[O-])c1cc(I)ccc1Br. The molecule has 6 heteroatoms. The third-order valence-electron chi connectivity index (χ3n) is 2.99. The first-order valence-electron chi connectivity index (χ1n) is 5.92. The molecule has 20 heavy (non-hydrogen) atoms. The van der Waals surface area contributed by atoms with Crippen molar-refractivity contribution in [3.63, 3.8) is 0 Å². The van der Waals surface area contributed by atoms with Crippen molar-refractivity contribution in [2.75, 3.05) is 0 Å². The highest BCUT2D eigenvalue weighted by atomic mass is 127. The van der Waals surface area contributed by atoms with Gasteiger partial charge in [-0.2, -0.15) is 0 Å². The average molecular weight is 447 g/mol. The van der Waals surface area contributed by atoms with Crippen LogP contribution >= 0.6 is 38.5 Å². The summed E-state index contributed by atoms with van der Waals surface area (Å²) in [6.07, 6.45) is 0.426. The van der Waals surface area contributed by atoms with E-state index in [1.165, 1.54) is 6.07 Å². The van der Waals surface area contributed by atoms with Crippen LogP contribution in [0.1, 0.15) is 17.2 Å². The maximum absolute atomic E-state index is 11.0. The van der Waals surface area contributed by atoms with Crippen LogP contribution in [0.4, 0.5) is 5.69 Å². The van der Waals surface area contributed by atoms with Crippen molar-refractivity contribution in [3.05, 3.63) is 71.7 Å². The van der Waals surface area contributed by atoms with Gasteiger partial charge < -0.3 is 5.73 Å². The first kappa shape index (κ1) is 15.4. The van der Waals surface area contributed by atoms with Crippen LogP contribution in [0.15, 0.2) is 46.9 Å². The van der Waals surface area contributed by atoms with E-state index in [-0.39, 0.29) is 16.7 Å². The highest BCUT2D eigenvalue weighted by Gasteiger charge is 2.17. The molecule has 0 fully saturated rings. The number of hydrogen-bond acceptors (Lipinski definition) is 3. The molecule has 0 spiro atoms. The molecular weight excluding hydrogens is 435 g/mol. The normalized spacial score (nSPS) is 12.2. The summed E-state index contributed by atoms with van der Waals surface area (Å²) < 4.78 is 2.00. The molecule has 0 saturated carbocycles. The lowest BCUT2D eigenvalue weighted by molar-refractivity contribution is -0.385. The van der Waals surface area contributed by atoms with Crippen LogP contribution in [-0.2, 0) is 6.42 Å². The fourth-order valence-corrected chi connectivity index (χ4v) is 3.06. The van der Waals surface area contributed by atoms with Gasteiger partial charge in [-0.1, -0.05) is 34.1 Å². The van der Waals surface area contributed by atoms with Gasteiger partial charge in [-0.25, -0.2) is 0 Å². The quantitative estimate of drug-likeness (QED) is 0.434. The third kappa shape index (κ3) is 3.56. The molecule has 0 saturated heterocycles. The predicted molar refractivity (Wildman–Crippen MR) is 90.6 cm³/mol. The lowest BCUT2D eigenvalue weighted by Crippen LogP contribution is -2.15. The van der Waals surface area contributed by atoms with Crippen LogP contribution in [0.2, 0.25) is 0 Å². The Bertz CT molecular complexity index is 649. The topological polar surface area (TPSA) is 69.2 Å². The van der Waals surface area contributed by atoms with Gasteiger partial charge in [0.2, 0.25) is 0 Å². The molecular formula is C14H12BrIN2O2. The largest absolute Gasteiger partial charge is 0.324 e. The summed E-state index contributed by atoms with van der Waals surface area (Å²) in [5.74, 6) is 0. The summed E-state index contributed by atoms with van der Waals surface area (Å²) in [4.78, 5) is 10.6. The molecule has 2 rings (SSSR count). The van der Waals surface area contributed by atoms with Crippen molar-refractivity contribution < 1.29 is 4.92 Å². The van der Waals surface area contributed by atoms with E-state index >= 15 is 0 Å². The first-order valence-corrected chi connectivity index (χ1v) is 7.79. The Labute approximate surface area is 138 Å². The molecule has 2 aromatic carbocycles. The van der Waals surface area contributed by atoms with Crippen molar-refractivity contribution >= 4 is 44.2 Å². The van der Waals surface area contributed by atoms with Gasteiger partial charge in [0.25, 0.3) is 5.69 Å². The molecule has 0 aliphatic carbocycles. The van der Waals surface area contributed by atoms with Gasteiger partial charge in [0.1, 0.15) is 0 Å². The number of nitrogens with two attached hydrogens (primary N) is 1. The molecule has 2 aromatic rings. The second-order valence-corrected chi connectivity index (χ2v) is 6.46. The molecule has 0 radical (unpaired) electrons. The van der Waals surface area contributed by atoms with E-state index in [4.69, 9.17) is 5.73 Å². The maximum Gasteiger partial charge on any atom is 0.272 e. The van der Waals surface area contributed by atoms with Crippen LogP contribution in [0.5, 0.6) is 0 Å². The summed E-state index contributed by atoms with van der Waals surface area (Å²) in [5, 5.41) is 11.0. The van der Waals surface area contributed by atoms with Crippen LogP contribution in [0.3, 0.4) is 0 Å². The fourth-order valence-electron chi connectivity index (χ4n) is 2.01. The maximum atomic E-state index is 11.0. The van der Waals surface area contributed by atoms with Gasteiger partial charge in [0.15, 0.2) is 0 Å². The molecule has 0 aliphatic heterocycles. The fraction of sp³-hybridized carbons (Fsp3) is 0.143. The Morgan fingerprint density at radius 3 is 2.70 bits per heavy atom. The van der Waals surface area contributed by atoms with Crippen molar-refractivity contribution in [2.24, 2.45) is 5.73 Å². The van der Waals surface area contributed by atoms with Gasteiger partial charge in [0.05, 0.1) is 4.92 Å². The Kier molecular flexibility index (Phi) is 5.11. The summed E-state index contributed by atoms with van der Waals surface area (Å²) in [6.45, 7) is 0. The Hall–Kier alpha value is -0.990. The van der Waals surface area contributed by atoms with Gasteiger partial charge in [-0.3, -0.25) is 10.1 Å². The summed E-state index contributed by atoms with van der Waals surface area (Å²) >= 11 is 5.69. The van der Waals surface area contributed by atoms with E-state index < -0.39 is 0 Å². The van der Waals surface area contributed by atoms with Crippen LogP contribution in [0, 0.1) is 13.7 Å². The summed E-state index contributed by atoms with van der Waals surface area (Å²) in [7, 11) is 0. The van der Waals surface area contributed by atoms with Crippen LogP contribution < -0.4 is 5.73 Å². The first-order chi connectivity index (χ1) is 9.49. The molecule has 1 atom stereocenters. The van der Waals surface area contributed by atoms with Gasteiger partial charge in [0, 0.05) is 25.7 Å². The zero-order valence-electron chi connectivity index (χ0n) is 10.4. The smallest absolute Gasteiger partial charge is 0.272 e. The minimum absolute atomic E-state index is 0.115. The second kappa shape index (κ2) is 6.64. The van der Waals surface area contributed by atoms with Crippen LogP contribution in [-0.4, -0.2) is 4.92 Å². The Morgan fingerprint density at radius 2 is 2.00 bits per heavy atom. The van der Waals surface area contributed by atoms with E-state index in [0.29, 0.717) is 12.0 Å². The molecule has 0 bridgehead atoms. The number of nitro benzene ring substituents is 1. The number of nitrogens with zero attached hydrogens (tertiary/aromatic N) is 1. The Balaban J connectivity index is 2.30. The van der Waals surface area contributed by atoms with Crippen molar-refractivity contribution in [3.8, 4) is 0 Å². The van der Waals surface area contributed by atoms with E-state index in [0.717, 1.165) is 13.6 Å². The Morgan fingerprint density at radius 1 is 1.30 bits per heavy atom. The number of para-hydroxylation sites is 1. The number of benzene rings is 2. The number of nitro groups is 1. The standard InChI is InChI=1S/C14H12BrIN2O2/c15-12-6-5-10(16)8-11(12)13(17)7-9-3-1-2-4-14(9)18(19)20/h1-6,8,13H,7,17H2. The van der Waals surface area contributed by atoms with E-state index in [9.17, 15) is 10.1 Å². The lowest BCUT2D eigenvalue weighted by Gasteiger charge is -2.14. The third-order valence-corrected chi connectivity index (χ3v) is 4.38. The minimum Gasteiger partial charge on any atom is -0.324 e. The summed E-state index contributed by atoms with van der Waals surface area (Å²) in [5.41, 5.74) is 7.93. The highest BCUT2D eigenvalue weighted by Crippen LogP contribution is 2.28. The predicted octanol–water partition coefficient (Wildman–Crippen LogP) is 4.20. The number of rotatable bonds is 4. The highest BCUT2D eigenvalue weighted by molar-refractivity contribution is 14.1. The second-order valence-electron chi connectivity index (χ2n) is 4.36. The lowest BCUT2D eigenvalue weighted by atomic mass is 9.99. The van der Waals surface area contributed by atoms with Crippen molar-refractivity contribution in [1.29, 1.82) is 0 Å². The van der Waals surface area contributed by atoms with E-state index in [1.807, 2.05) is 18.2 Å². The molecule has 104 valence electrons. The molecule has 4 nitrogen and oxygen atoms in total. The molecule has 0 aliphatic rings. The van der Waals surface area contributed by atoms with E-state index in [2.05, 4.69) is 38.5 Å². The zero-order valence-corrected chi connectivity index (χ0v) is 14.2. The average Bonchev–Trinajstić information content (AvgIpc) is 2.41. The van der Waals surface area contributed by atoms with E-state index in [1.54, 1.807) is 18.2 Å². The van der Waals surface area contributed by atoms with Crippen LogP contribution in [0.25, 0.3) is 0 Å². The minimum atomic E-state index is -0.369. The van der Waals surface area contributed by atoms with Crippen molar-refractivity contribution in [2.45, 2.75) is 12.5 Å². The van der Waals surface area contributed by atoms with Gasteiger partial charge in [-0.15, -0.1) is 0 Å². The number of hydrogen-bond donors (Lipinski definition) is 1. The molecule has 0 aromatic heterocycles. The number of halogens is 2. The molecule has 1 unspecified atom stereocenters. The molecule has 0 heterocycles. The zero-order chi connectivity index (χ0) is 14.7. The van der Waals surface area contributed by atoms with Gasteiger partial charge >= 0.3 is 0 Å².